The number of fused-ring (bicyclic) bond motifs is 1. The number of carboxylic acids is 1. The lowest BCUT2D eigenvalue weighted by molar-refractivity contribution is 0.0687. The van der Waals surface area contributed by atoms with E-state index in [1.54, 1.807) is 36.0 Å². The first-order chi connectivity index (χ1) is 12.0. The first kappa shape index (κ1) is 16.9. The molecule has 0 aliphatic carbocycles. The molecule has 0 saturated carbocycles. The molecule has 7 heteroatoms. The van der Waals surface area contributed by atoms with Crippen molar-refractivity contribution in [1.82, 2.24) is 19.4 Å². The van der Waals surface area contributed by atoms with Gasteiger partial charge in [-0.1, -0.05) is 12.1 Å². The van der Waals surface area contributed by atoms with Crippen molar-refractivity contribution in [2.45, 2.75) is 6.42 Å². The molecule has 0 bridgehead atoms. The topological polar surface area (TPSA) is 80.5 Å². The fourth-order valence-corrected chi connectivity index (χ4v) is 2.66. The van der Waals surface area contributed by atoms with E-state index >= 15 is 0 Å². The molecule has 0 amide bonds. The Morgan fingerprint density at radius 1 is 1.32 bits per heavy atom. The predicted molar refractivity (Wildman–Crippen MR) is 94.2 cm³/mol. The predicted octanol–water partition coefficient (Wildman–Crippen LogP) is 2.56. The van der Waals surface area contributed by atoms with Crippen LogP contribution in [0.3, 0.4) is 0 Å². The van der Waals surface area contributed by atoms with Crippen LogP contribution in [0.1, 0.15) is 16.3 Å². The van der Waals surface area contributed by atoms with E-state index < -0.39 is 5.97 Å². The Bertz CT molecular complexity index is 918. The van der Waals surface area contributed by atoms with Crippen LogP contribution in [0.4, 0.5) is 0 Å². The Balaban J connectivity index is 1.93. The van der Waals surface area contributed by atoms with Crippen molar-refractivity contribution in [2.24, 2.45) is 7.05 Å². The number of carboxylic acid groups (broad SMARTS) is 1. The Kier molecular flexibility index (Phi) is 4.67. The fraction of sp³-hybridized carbons (Fsp3) is 0.278. The van der Waals surface area contributed by atoms with Crippen molar-refractivity contribution >= 4 is 16.9 Å². The van der Waals surface area contributed by atoms with E-state index in [0.29, 0.717) is 23.0 Å². The molecular weight excluding hydrogens is 320 g/mol. The molecular formula is C18H20N4O3. The third kappa shape index (κ3) is 3.61. The molecule has 0 fully saturated rings. The zero-order chi connectivity index (χ0) is 18.0. The molecule has 130 valence electrons. The second-order valence-electron chi connectivity index (χ2n) is 6.05. The van der Waals surface area contributed by atoms with Crippen LogP contribution in [-0.4, -0.2) is 51.2 Å². The maximum Gasteiger partial charge on any atom is 0.352 e. The number of aromatic carboxylic acids is 1. The molecule has 1 N–H and O–H groups in total. The van der Waals surface area contributed by atoms with Crippen molar-refractivity contribution in [3.8, 4) is 11.6 Å². The summed E-state index contributed by atoms with van der Waals surface area (Å²) in [4.78, 5) is 22.1. The highest BCUT2D eigenvalue weighted by Crippen LogP contribution is 2.31. The van der Waals surface area contributed by atoms with Gasteiger partial charge in [0.25, 0.3) is 0 Å². The first-order valence-corrected chi connectivity index (χ1v) is 7.92. The smallest absolute Gasteiger partial charge is 0.352 e. The molecule has 0 aliphatic heterocycles. The summed E-state index contributed by atoms with van der Waals surface area (Å²) < 4.78 is 7.55. The summed E-state index contributed by atoms with van der Waals surface area (Å²) in [6.07, 6.45) is 2.39. The molecule has 1 aromatic carbocycles. The number of nitrogens with zero attached hydrogens (tertiary/aromatic N) is 4. The number of ether oxygens (including phenoxy) is 1. The maximum atomic E-state index is 11.3. The lowest BCUT2D eigenvalue weighted by Crippen LogP contribution is -2.16. The van der Waals surface area contributed by atoms with Gasteiger partial charge < -0.3 is 19.3 Å². The first-order valence-electron chi connectivity index (χ1n) is 7.92. The third-order valence-electron chi connectivity index (χ3n) is 3.92. The normalized spacial score (nSPS) is 11.2. The molecule has 2 aromatic heterocycles. The molecule has 0 saturated heterocycles. The van der Waals surface area contributed by atoms with Gasteiger partial charge in [-0.15, -0.1) is 0 Å². The van der Waals surface area contributed by atoms with Crippen molar-refractivity contribution in [3.05, 3.63) is 48.0 Å². The van der Waals surface area contributed by atoms with E-state index in [1.165, 1.54) is 0 Å². The van der Waals surface area contributed by atoms with Crippen LogP contribution in [0.15, 0.2) is 36.5 Å². The zero-order valence-electron chi connectivity index (χ0n) is 14.4. The SMILES string of the molecule is CN(C)CCc1nccc(Oc2cccc3cc(C(=O)O)n(C)c23)n1. The standard InChI is InChI=1S/C18H20N4O3/c1-21(2)10-8-15-19-9-7-16(20-15)25-14-6-4-5-12-11-13(18(23)24)22(3)17(12)14/h4-7,9,11H,8,10H2,1-3H3,(H,23,24). The highest BCUT2D eigenvalue weighted by molar-refractivity contribution is 5.96. The van der Waals surface area contributed by atoms with Gasteiger partial charge in [0.15, 0.2) is 5.75 Å². The highest BCUT2D eigenvalue weighted by atomic mass is 16.5. The van der Waals surface area contributed by atoms with Gasteiger partial charge in [-0.25, -0.2) is 9.78 Å². The molecule has 2 heterocycles. The molecule has 3 aromatic rings. The van der Waals surface area contributed by atoms with Gasteiger partial charge in [-0.2, -0.15) is 4.98 Å². The number of carbonyl (C=O) groups is 1. The van der Waals surface area contributed by atoms with Crippen molar-refractivity contribution in [3.63, 3.8) is 0 Å². The minimum atomic E-state index is -0.974. The average molecular weight is 340 g/mol. The number of rotatable bonds is 6. The minimum Gasteiger partial charge on any atom is -0.477 e. The number of aryl methyl sites for hydroxylation is 1. The lowest BCUT2D eigenvalue weighted by atomic mass is 10.2. The van der Waals surface area contributed by atoms with Gasteiger partial charge in [0.05, 0.1) is 5.52 Å². The average Bonchev–Trinajstić information content (AvgIpc) is 2.92. The lowest BCUT2D eigenvalue weighted by Gasteiger charge is -2.10. The number of benzene rings is 1. The number of likely N-dealkylation sites (N-methyl/N-ethyl adjacent to an activating group) is 1. The summed E-state index contributed by atoms with van der Waals surface area (Å²) in [5, 5.41) is 10.1. The quantitative estimate of drug-likeness (QED) is 0.743. The Morgan fingerprint density at radius 2 is 2.12 bits per heavy atom. The van der Waals surface area contributed by atoms with Gasteiger partial charge in [-0.3, -0.25) is 0 Å². The molecule has 0 spiro atoms. The Labute approximate surface area is 145 Å². The second-order valence-corrected chi connectivity index (χ2v) is 6.05. The molecule has 7 nitrogen and oxygen atoms in total. The Morgan fingerprint density at radius 3 is 2.84 bits per heavy atom. The van der Waals surface area contributed by atoms with Gasteiger partial charge in [0, 0.05) is 37.7 Å². The van der Waals surface area contributed by atoms with E-state index in [9.17, 15) is 9.90 Å². The van der Waals surface area contributed by atoms with Crippen LogP contribution in [0.2, 0.25) is 0 Å². The molecule has 25 heavy (non-hydrogen) atoms. The van der Waals surface area contributed by atoms with Crippen LogP contribution >= 0.6 is 0 Å². The van der Waals surface area contributed by atoms with Crippen LogP contribution in [-0.2, 0) is 13.5 Å². The zero-order valence-corrected chi connectivity index (χ0v) is 14.4. The number of para-hydroxylation sites is 1. The van der Waals surface area contributed by atoms with E-state index in [1.807, 2.05) is 26.2 Å². The van der Waals surface area contributed by atoms with Crippen molar-refractivity contribution in [1.29, 1.82) is 0 Å². The third-order valence-corrected chi connectivity index (χ3v) is 3.92. The summed E-state index contributed by atoms with van der Waals surface area (Å²) in [6.45, 7) is 0.846. The van der Waals surface area contributed by atoms with Gasteiger partial charge in [0.1, 0.15) is 11.5 Å². The minimum absolute atomic E-state index is 0.209. The monoisotopic (exact) mass is 340 g/mol. The van der Waals surface area contributed by atoms with E-state index in [-0.39, 0.29) is 5.69 Å². The van der Waals surface area contributed by atoms with Crippen LogP contribution in [0.25, 0.3) is 10.9 Å². The second kappa shape index (κ2) is 6.90. The fourth-order valence-electron chi connectivity index (χ4n) is 2.66. The van der Waals surface area contributed by atoms with E-state index in [4.69, 9.17) is 4.74 Å². The summed E-state index contributed by atoms with van der Waals surface area (Å²) in [5.41, 5.74) is 0.925. The number of aromatic nitrogens is 3. The van der Waals surface area contributed by atoms with Crippen molar-refractivity contribution < 1.29 is 14.6 Å². The van der Waals surface area contributed by atoms with Crippen LogP contribution < -0.4 is 4.74 Å². The maximum absolute atomic E-state index is 11.3. The molecule has 0 atom stereocenters. The summed E-state index contributed by atoms with van der Waals surface area (Å²) in [6, 6.07) is 8.82. The Hall–Kier alpha value is -2.93. The summed E-state index contributed by atoms with van der Waals surface area (Å²) in [5.74, 6) is 0.730. The van der Waals surface area contributed by atoms with Crippen LogP contribution in [0.5, 0.6) is 11.6 Å². The highest BCUT2D eigenvalue weighted by Gasteiger charge is 2.16. The van der Waals surface area contributed by atoms with E-state index in [0.717, 1.165) is 18.4 Å². The van der Waals surface area contributed by atoms with Gasteiger partial charge in [-0.05, 0) is 26.2 Å². The molecule has 0 radical (unpaired) electrons. The van der Waals surface area contributed by atoms with Gasteiger partial charge >= 0.3 is 5.97 Å². The number of hydrogen-bond donors (Lipinski definition) is 1. The molecule has 0 unspecified atom stereocenters. The summed E-state index contributed by atoms with van der Waals surface area (Å²) >= 11 is 0. The molecule has 0 aliphatic rings. The van der Waals surface area contributed by atoms with Gasteiger partial charge in [0.2, 0.25) is 5.88 Å². The number of hydrogen-bond acceptors (Lipinski definition) is 5. The van der Waals surface area contributed by atoms with Crippen LogP contribution in [0, 0.1) is 0 Å². The largest absolute Gasteiger partial charge is 0.477 e. The van der Waals surface area contributed by atoms with E-state index in [2.05, 4.69) is 14.9 Å². The summed E-state index contributed by atoms with van der Waals surface area (Å²) in [7, 11) is 5.70. The molecule has 3 rings (SSSR count). The van der Waals surface area contributed by atoms with Crippen molar-refractivity contribution in [2.75, 3.05) is 20.6 Å².